The van der Waals surface area contributed by atoms with E-state index in [1.807, 2.05) is 67.7 Å². The Labute approximate surface area is 148 Å². The minimum Gasteiger partial charge on any atom is -0.453 e. The van der Waals surface area contributed by atoms with E-state index in [1.54, 1.807) is 0 Å². The van der Waals surface area contributed by atoms with Gasteiger partial charge in [0.2, 0.25) is 0 Å². The number of hydrogen-bond donors (Lipinski definition) is 0. The van der Waals surface area contributed by atoms with Crippen molar-refractivity contribution in [2.75, 3.05) is 20.1 Å². The number of carbonyl (C=O) groups is 2. The van der Waals surface area contributed by atoms with Crippen molar-refractivity contribution in [3.63, 3.8) is 0 Å². The molecule has 0 radical (unpaired) electrons. The molecule has 2 aromatic rings. The number of hydrogen-bond acceptors (Lipinski definition) is 4. The van der Waals surface area contributed by atoms with Gasteiger partial charge in [-0.1, -0.05) is 60.7 Å². The third-order valence-corrected chi connectivity index (χ3v) is 4.89. The van der Waals surface area contributed by atoms with Gasteiger partial charge >= 0.3 is 5.97 Å². The smallest absolute Gasteiger partial charge is 0.303 e. The molecule has 2 atom stereocenters. The first-order valence-electron chi connectivity index (χ1n) is 8.56. The molecule has 0 N–H and O–H groups in total. The van der Waals surface area contributed by atoms with Gasteiger partial charge in [-0.05, 0) is 12.6 Å². The molecule has 0 saturated carbocycles. The molecular formula is C21H23NO3. The van der Waals surface area contributed by atoms with E-state index >= 15 is 0 Å². The SMILES string of the molecule is CC(=O)O[C@@]1(c2ccccc2)CCN(C)C[C@@H]1C(=O)c1ccccc1. The Hall–Kier alpha value is -2.46. The van der Waals surface area contributed by atoms with E-state index in [0.717, 1.165) is 12.1 Å². The number of rotatable bonds is 4. The Kier molecular flexibility index (Phi) is 5.00. The quantitative estimate of drug-likeness (QED) is 0.634. The van der Waals surface area contributed by atoms with Crippen molar-refractivity contribution in [1.29, 1.82) is 0 Å². The first-order chi connectivity index (χ1) is 12.0. The average Bonchev–Trinajstić information content (AvgIpc) is 2.64. The van der Waals surface area contributed by atoms with Crippen molar-refractivity contribution < 1.29 is 14.3 Å². The molecule has 0 aromatic heterocycles. The van der Waals surface area contributed by atoms with Crippen LogP contribution < -0.4 is 0 Å². The largest absolute Gasteiger partial charge is 0.453 e. The standard InChI is InChI=1S/C21H23NO3/c1-16(23)25-21(18-11-7-4-8-12-18)13-14-22(2)15-19(21)20(24)17-9-5-3-6-10-17/h3-12,19H,13-15H2,1-2H3/t19-,21-/m1/s1. The minimum atomic E-state index is -0.924. The Morgan fingerprint density at radius 3 is 2.24 bits per heavy atom. The third-order valence-electron chi connectivity index (χ3n) is 4.89. The first-order valence-corrected chi connectivity index (χ1v) is 8.56. The lowest BCUT2D eigenvalue weighted by Crippen LogP contribution is -2.54. The Bertz CT molecular complexity index is 744. The summed E-state index contributed by atoms with van der Waals surface area (Å²) in [7, 11) is 1.99. The summed E-state index contributed by atoms with van der Waals surface area (Å²) in [4.78, 5) is 27.3. The predicted molar refractivity (Wildman–Crippen MR) is 96.3 cm³/mol. The molecule has 4 nitrogen and oxygen atoms in total. The second-order valence-electron chi connectivity index (χ2n) is 6.64. The first kappa shape index (κ1) is 17.4. The fourth-order valence-electron chi connectivity index (χ4n) is 3.68. The summed E-state index contributed by atoms with van der Waals surface area (Å²) in [5.41, 5.74) is 0.606. The van der Waals surface area contributed by atoms with E-state index in [-0.39, 0.29) is 11.8 Å². The molecule has 1 fully saturated rings. The van der Waals surface area contributed by atoms with Crippen molar-refractivity contribution in [3.8, 4) is 0 Å². The highest BCUT2D eigenvalue weighted by Gasteiger charge is 2.50. The molecule has 1 aliphatic heterocycles. The summed E-state index contributed by atoms with van der Waals surface area (Å²) in [5.74, 6) is -0.795. The van der Waals surface area contributed by atoms with Crippen LogP contribution in [0.15, 0.2) is 60.7 Å². The van der Waals surface area contributed by atoms with Crippen LogP contribution in [0.3, 0.4) is 0 Å². The lowest BCUT2D eigenvalue weighted by Gasteiger charge is -2.45. The molecule has 3 rings (SSSR count). The lowest BCUT2D eigenvalue weighted by atomic mass is 9.72. The van der Waals surface area contributed by atoms with E-state index in [9.17, 15) is 9.59 Å². The minimum absolute atomic E-state index is 0.0113. The predicted octanol–water partition coefficient (Wildman–Crippen LogP) is 3.28. The molecule has 0 bridgehead atoms. The van der Waals surface area contributed by atoms with Gasteiger partial charge in [-0.3, -0.25) is 9.59 Å². The van der Waals surface area contributed by atoms with Crippen LogP contribution in [0.4, 0.5) is 0 Å². The zero-order valence-electron chi connectivity index (χ0n) is 14.6. The second kappa shape index (κ2) is 7.19. The highest BCUT2D eigenvalue weighted by atomic mass is 16.6. The average molecular weight is 337 g/mol. The van der Waals surface area contributed by atoms with Crippen molar-refractivity contribution >= 4 is 11.8 Å². The number of ether oxygens (including phenoxy) is 1. The van der Waals surface area contributed by atoms with Gasteiger partial charge in [-0.25, -0.2) is 0 Å². The summed E-state index contributed by atoms with van der Waals surface area (Å²) in [6.45, 7) is 2.73. The van der Waals surface area contributed by atoms with Gasteiger partial charge in [-0.2, -0.15) is 0 Å². The topological polar surface area (TPSA) is 46.6 Å². The van der Waals surface area contributed by atoms with Crippen LogP contribution in [0.1, 0.15) is 29.3 Å². The molecule has 1 saturated heterocycles. The summed E-state index contributed by atoms with van der Waals surface area (Å²) in [5, 5.41) is 0. The fourth-order valence-corrected chi connectivity index (χ4v) is 3.68. The van der Waals surface area contributed by atoms with Crippen LogP contribution in [0.5, 0.6) is 0 Å². The molecular weight excluding hydrogens is 314 g/mol. The van der Waals surface area contributed by atoms with Gasteiger partial charge in [0.1, 0.15) is 5.60 Å². The van der Waals surface area contributed by atoms with E-state index in [2.05, 4.69) is 4.90 Å². The van der Waals surface area contributed by atoms with Crippen molar-refractivity contribution in [2.24, 2.45) is 5.92 Å². The second-order valence-corrected chi connectivity index (χ2v) is 6.64. The highest BCUT2D eigenvalue weighted by Crippen LogP contribution is 2.42. The van der Waals surface area contributed by atoms with Crippen molar-refractivity contribution in [2.45, 2.75) is 18.9 Å². The van der Waals surface area contributed by atoms with Gasteiger partial charge in [0.25, 0.3) is 0 Å². The van der Waals surface area contributed by atoms with Crippen LogP contribution in [0.25, 0.3) is 0 Å². The molecule has 0 unspecified atom stereocenters. The molecule has 130 valence electrons. The normalized spacial score (nSPS) is 23.8. The molecule has 1 aliphatic rings. The Balaban J connectivity index is 2.09. The number of likely N-dealkylation sites (tertiary alicyclic amines) is 1. The number of esters is 1. The third kappa shape index (κ3) is 3.49. The number of piperidine rings is 1. The van der Waals surface area contributed by atoms with Crippen molar-refractivity contribution in [1.82, 2.24) is 4.90 Å². The monoisotopic (exact) mass is 337 g/mol. The van der Waals surface area contributed by atoms with Crippen LogP contribution >= 0.6 is 0 Å². The molecule has 0 amide bonds. The maximum Gasteiger partial charge on any atom is 0.303 e. The van der Waals surface area contributed by atoms with Crippen LogP contribution in [-0.4, -0.2) is 36.8 Å². The molecule has 25 heavy (non-hydrogen) atoms. The summed E-state index contributed by atoms with van der Waals surface area (Å²) in [6, 6.07) is 18.9. The highest BCUT2D eigenvalue weighted by molar-refractivity contribution is 5.99. The zero-order chi connectivity index (χ0) is 17.9. The summed E-state index contributed by atoms with van der Waals surface area (Å²) < 4.78 is 5.88. The zero-order valence-corrected chi connectivity index (χ0v) is 14.6. The molecule has 0 spiro atoms. The fraction of sp³-hybridized carbons (Fsp3) is 0.333. The van der Waals surface area contributed by atoms with Crippen molar-refractivity contribution in [3.05, 3.63) is 71.8 Å². The van der Waals surface area contributed by atoms with Gasteiger partial charge < -0.3 is 9.64 Å². The summed E-state index contributed by atoms with van der Waals surface area (Å²) >= 11 is 0. The maximum atomic E-state index is 13.3. The number of ketones is 1. The number of benzene rings is 2. The van der Waals surface area contributed by atoms with Crippen LogP contribution in [0.2, 0.25) is 0 Å². The number of nitrogens with zero attached hydrogens (tertiary/aromatic N) is 1. The van der Waals surface area contributed by atoms with Gasteiger partial charge in [0, 0.05) is 32.0 Å². The molecule has 2 aromatic carbocycles. The van der Waals surface area contributed by atoms with E-state index in [4.69, 9.17) is 4.74 Å². The maximum absolute atomic E-state index is 13.3. The Morgan fingerprint density at radius 1 is 1.04 bits per heavy atom. The van der Waals surface area contributed by atoms with Crippen LogP contribution in [-0.2, 0) is 15.1 Å². The summed E-state index contributed by atoms with van der Waals surface area (Å²) in [6.07, 6.45) is 0.594. The van der Waals surface area contributed by atoms with Gasteiger partial charge in [-0.15, -0.1) is 0 Å². The lowest BCUT2D eigenvalue weighted by molar-refractivity contribution is -0.169. The number of Topliss-reactive ketones (excluding diaryl/α,β-unsaturated/α-hetero) is 1. The van der Waals surface area contributed by atoms with Gasteiger partial charge in [0.15, 0.2) is 5.78 Å². The van der Waals surface area contributed by atoms with E-state index in [0.29, 0.717) is 18.5 Å². The molecule has 4 heteroatoms. The van der Waals surface area contributed by atoms with Crippen LogP contribution in [0, 0.1) is 5.92 Å². The van der Waals surface area contributed by atoms with E-state index in [1.165, 1.54) is 6.92 Å². The van der Waals surface area contributed by atoms with Gasteiger partial charge in [0.05, 0.1) is 5.92 Å². The number of carbonyl (C=O) groups excluding carboxylic acids is 2. The Morgan fingerprint density at radius 2 is 1.64 bits per heavy atom. The molecule has 1 heterocycles. The molecule has 0 aliphatic carbocycles. The van der Waals surface area contributed by atoms with E-state index < -0.39 is 11.5 Å².